The molecule has 1 aromatic heterocycles. The van der Waals surface area contributed by atoms with Crippen molar-refractivity contribution in [2.75, 3.05) is 7.11 Å². The topological polar surface area (TPSA) is 82.4 Å². The van der Waals surface area contributed by atoms with E-state index in [1.807, 2.05) is 6.07 Å². The van der Waals surface area contributed by atoms with Gasteiger partial charge in [-0.1, -0.05) is 60.7 Å². The summed E-state index contributed by atoms with van der Waals surface area (Å²) in [5.41, 5.74) is 2.12. The van der Waals surface area contributed by atoms with Crippen molar-refractivity contribution in [3.8, 4) is 16.9 Å². The second kappa shape index (κ2) is 8.28. The third kappa shape index (κ3) is 3.47. The van der Waals surface area contributed by atoms with E-state index in [9.17, 15) is 18.0 Å². The Hall–Kier alpha value is -4.23. The van der Waals surface area contributed by atoms with Gasteiger partial charge in [0.1, 0.15) is 5.75 Å². The molecule has 5 rings (SSSR count). The molecule has 4 aromatic rings. The lowest BCUT2D eigenvalue weighted by molar-refractivity contribution is -0.111. The molecule has 3 aromatic carbocycles. The molecule has 7 heteroatoms. The molecule has 1 aliphatic rings. The van der Waals surface area contributed by atoms with Crippen molar-refractivity contribution in [2.24, 2.45) is 0 Å². The van der Waals surface area contributed by atoms with Crippen LogP contribution in [0.25, 0.3) is 16.7 Å². The number of hydrogen-bond donors (Lipinski definition) is 0. The first-order valence-electron chi connectivity index (χ1n) is 10.5. The highest BCUT2D eigenvalue weighted by atomic mass is 32.2. The number of carbonyl (C=O) groups excluding carboxylic acids is 2. The van der Waals surface area contributed by atoms with Crippen LogP contribution >= 0.6 is 0 Å². The van der Waals surface area contributed by atoms with E-state index in [2.05, 4.69) is 0 Å². The van der Waals surface area contributed by atoms with Crippen molar-refractivity contribution in [3.63, 3.8) is 0 Å². The molecular weight excluding hydrogens is 450 g/mol. The van der Waals surface area contributed by atoms with Gasteiger partial charge in [0.25, 0.3) is 10.0 Å². The van der Waals surface area contributed by atoms with Crippen LogP contribution in [0.2, 0.25) is 0 Å². The minimum Gasteiger partial charge on any atom is -0.497 e. The van der Waals surface area contributed by atoms with Gasteiger partial charge in [0, 0.05) is 17.3 Å². The lowest BCUT2D eigenvalue weighted by Crippen LogP contribution is -2.23. The lowest BCUT2D eigenvalue weighted by atomic mass is 9.87. The average molecular weight is 470 g/mol. The summed E-state index contributed by atoms with van der Waals surface area (Å²) in [6.45, 7) is 0. The molecule has 0 atom stereocenters. The van der Waals surface area contributed by atoms with E-state index in [0.717, 1.165) is 3.97 Å². The van der Waals surface area contributed by atoms with E-state index in [-0.39, 0.29) is 16.2 Å². The quantitative estimate of drug-likeness (QED) is 0.399. The number of ketones is 2. The molecule has 0 radical (unpaired) electrons. The number of fused-ring (bicyclic) bond motifs is 1. The zero-order chi connectivity index (χ0) is 23.9. The molecule has 6 nitrogen and oxygen atoms in total. The van der Waals surface area contributed by atoms with Crippen molar-refractivity contribution in [2.45, 2.75) is 4.90 Å². The van der Waals surface area contributed by atoms with Gasteiger partial charge in [0.2, 0.25) is 11.6 Å². The van der Waals surface area contributed by atoms with Crippen molar-refractivity contribution in [1.82, 2.24) is 3.97 Å². The summed E-state index contributed by atoms with van der Waals surface area (Å²) in [6.07, 6.45) is 2.62. The predicted octanol–water partition coefficient (Wildman–Crippen LogP) is 4.60. The number of methoxy groups -OCH3 is 1. The van der Waals surface area contributed by atoms with Gasteiger partial charge < -0.3 is 4.74 Å². The van der Waals surface area contributed by atoms with Crippen molar-refractivity contribution in [1.29, 1.82) is 0 Å². The Bertz CT molecular complexity index is 1570. The van der Waals surface area contributed by atoms with Gasteiger partial charge in [-0.2, -0.15) is 0 Å². The summed E-state index contributed by atoms with van der Waals surface area (Å²) >= 11 is 0. The van der Waals surface area contributed by atoms with E-state index >= 15 is 0 Å². The number of benzene rings is 3. The predicted molar refractivity (Wildman–Crippen MR) is 128 cm³/mol. The lowest BCUT2D eigenvalue weighted by Gasteiger charge is -2.18. The largest absolute Gasteiger partial charge is 0.497 e. The summed E-state index contributed by atoms with van der Waals surface area (Å²) in [6, 6.07) is 23.9. The second-order valence-electron chi connectivity index (χ2n) is 7.73. The molecule has 1 heterocycles. The Kier molecular flexibility index (Phi) is 5.26. The van der Waals surface area contributed by atoms with E-state index in [1.54, 1.807) is 66.7 Å². The molecule has 0 bridgehead atoms. The van der Waals surface area contributed by atoms with Gasteiger partial charge in [-0.3, -0.25) is 9.59 Å². The first-order valence-corrected chi connectivity index (χ1v) is 11.9. The van der Waals surface area contributed by atoms with Gasteiger partial charge in [-0.15, -0.1) is 0 Å². The number of aromatic nitrogens is 1. The third-order valence-electron chi connectivity index (χ3n) is 5.72. The van der Waals surface area contributed by atoms with Crippen molar-refractivity contribution >= 4 is 27.2 Å². The number of allylic oxidation sites excluding steroid dienone is 1. The molecular formula is C27H19NO5S. The highest BCUT2D eigenvalue weighted by Gasteiger charge is 2.36. The minimum atomic E-state index is -4.08. The summed E-state index contributed by atoms with van der Waals surface area (Å²) in [4.78, 5) is 26.0. The molecule has 0 aliphatic heterocycles. The number of Topliss-reactive ketones (excluding diaryl/α,β-unsaturated/α-hetero) is 1. The SMILES string of the molecule is COc1cccc(C2=CC(=O)C(=O)c3c(-c4ccccc4)cn(S(=O)(=O)c4ccccc4)c32)c1. The Balaban J connectivity index is 1.86. The number of rotatable bonds is 5. The van der Waals surface area contributed by atoms with Crippen LogP contribution in [0.3, 0.4) is 0 Å². The van der Waals surface area contributed by atoms with E-state index in [0.29, 0.717) is 28.0 Å². The fourth-order valence-electron chi connectivity index (χ4n) is 4.10. The normalized spacial score (nSPS) is 13.4. The highest BCUT2D eigenvalue weighted by molar-refractivity contribution is 7.90. The Morgan fingerprint density at radius 3 is 2.12 bits per heavy atom. The molecule has 0 unspecified atom stereocenters. The van der Waals surface area contributed by atoms with Crippen LogP contribution in [-0.2, 0) is 14.8 Å². The molecule has 1 aliphatic carbocycles. The van der Waals surface area contributed by atoms with Crippen molar-refractivity contribution in [3.05, 3.63) is 114 Å². The summed E-state index contributed by atoms with van der Waals surface area (Å²) in [7, 11) is -2.57. The average Bonchev–Trinajstić information content (AvgIpc) is 3.29. The number of ether oxygens (including phenoxy) is 1. The van der Waals surface area contributed by atoms with Gasteiger partial charge in [-0.25, -0.2) is 12.4 Å². The smallest absolute Gasteiger partial charge is 0.268 e. The van der Waals surface area contributed by atoms with Gasteiger partial charge in [0.05, 0.1) is 23.3 Å². The van der Waals surface area contributed by atoms with E-state index in [4.69, 9.17) is 4.74 Å². The van der Waals surface area contributed by atoms with Crippen molar-refractivity contribution < 1.29 is 22.7 Å². The minimum absolute atomic E-state index is 0.0658. The monoisotopic (exact) mass is 469 g/mol. The first-order chi connectivity index (χ1) is 16.4. The number of carbonyl (C=O) groups is 2. The Morgan fingerprint density at radius 2 is 1.44 bits per heavy atom. The van der Waals surface area contributed by atoms with Crippen LogP contribution in [-0.4, -0.2) is 31.1 Å². The molecule has 0 saturated carbocycles. The maximum atomic E-state index is 13.8. The fraction of sp³-hybridized carbons (Fsp3) is 0.0370. The highest BCUT2D eigenvalue weighted by Crippen LogP contribution is 2.40. The summed E-state index contributed by atoms with van der Waals surface area (Å²) in [5.74, 6) is -0.920. The molecule has 168 valence electrons. The molecule has 0 spiro atoms. The van der Waals surface area contributed by atoms with Crippen LogP contribution in [0.15, 0.2) is 102 Å². The molecule has 0 amide bonds. The Labute approximate surface area is 196 Å². The van der Waals surface area contributed by atoms with Crippen LogP contribution in [0.4, 0.5) is 0 Å². The number of hydrogen-bond acceptors (Lipinski definition) is 5. The third-order valence-corrected chi connectivity index (χ3v) is 7.39. The van der Waals surface area contributed by atoms with Crippen LogP contribution < -0.4 is 4.74 Å². The second-order valence-corrected chi connectivity index (χ2v) is 9.54. The molecule has 34 heavy (non-hydrogen) atoms. The van der Waals surface area contributed by atoms with Gasteiger partial charge in [-0.05, 0) is 41.5 Å². The van der Waals surface area contributed by atoms with Crippen LogP contribution in [0.1, 0.15) is 21.6 Å². The fourth-order valence-corrected chi connectivity index (χ4v) is 5.50. The molecule has 0 saturated heterocycles. The first kappa shape index (κ1) is 21.6. The molecule has 0 fully saturated rings. The zero-order valence-electron chi connectivity index (χ0n) is 18.1. The molecule has 0 N–H and O–H groups in total. The van der Waals surface area contributed by atoms with Crippen LogP contribution in [0.5, 0.6) is 5.75 Å². The Morgan fingerprint density at radius 1 is 0.794 bits per heavy atom. The summed E-state index contributed by atoms with van der Waals surface area (Å²) < 4.78 is 33.9. The maximum absolute atomic E-state index is 13.8. The maximum Gasteiger partial charge on any atom is 0.268 e. The van der Waals surface area contributed by atoms with Crippen LogP contribution in [0, 0.1) is 0 Å². The van der Waals surface area contributed by atoms with Gasteiger partial charge in [0.15, 0.2) is 0 Å². The van der Waals surface area contributed by atoms with E-state index in [1.165, 1.54) is 31.5 Å². The standard InChI is InChI=1S/C27H19NO5S/c1-33-20-12-8-11-19(15-20)22-16-24(29)27(30)25-23(18-9-4-2-5-10-18)17-28(26(22)25)34(31,32)21-13-6-3-7-14-21/h2-17H,1H3. The number of nitrogens with zero attached hydrogens (tertiary/aromatic N) is 1. The summed E-state index contributed by atoms with van der Waals surface area (Å²) in [5, 5.41) is 0. The van der Waals surface area contributed by atoms with Gasteiger partial charge >= 0.3 is 0 Å². The zero-order valence-corrected chi connectivity index (χ0v) is 19.0. The van der Waals surface area contributed by atoms with E-state index < -0.39 is 21.6 Å².